The van der Waals surface area contributed by atoms with Gasteiger partial charge in [-0.3, -0.25) is 24.1 Å². The van der Waals surface area contributed by atoms with Gasteiger partial charge in [0.25, 0.3) is 0 Å². The summed E-state index contributed by atoms with van der Waals surface area (Å²) in [6.07, 6.45) is 0.554. The Labute approximate surface area is 196 Å². The van der Waals surface area contributed by atoms with Gasteiger partial charge in [0.05, 0.1) is 23.0 Å². The number of rotatable bonds is 4. The number of amides is 2. The van der Waals surface area contributed by atoms with Crippen LogP contribution in [0.15, 0.2) is 27.3 Å². The van der Waals surface area contributed by atoms with Gasteiger partial charge in [-0.2, -0.15) is 0 Å². The van der Waals surface area contributed by atoms with Crippen molar-refractivity contribution in [3.8, 4) is 0 Å². The molecule has 1 saturated heterocycles. The Morgan fingerprint density at radius 1 is 1.22 bits per heavy atom. The number of H-pyrrole nitrogens is 1. The highest BCUT2D eigenvalue weighted by Gasteiger charge is 2.69. The van der Waals surface area contributed by atoms with E-state index < -0.39 is 5.97 Å². The lowest BCUT2D eigenvalue weighted by Gasteiger charge is -2.42. The van der Waals surface area contributed by atoms with Crippen LogP contribution in [-0.4, -0.2) is 45.6 Å². The largest absolute Gasteiger partial charge is 0.462 e. The van der Waals surface area contributed by atoms with Crippen LogP contribution < -0.4 is 4.87 Å². The molecule has 7 atom stereocenters. The minimum atomic E-state index is -0.544. The molecule has 2 aromatic rings. The summed E-state index contributed by atoms with van der Waals surface area (Å²) < 4.78 is 5.18. The minimum Gasteiger partial charge on any atom is -0.462 e. The van der Waals surface area contributed by atoms with Crippen LogP contribution in [0.25, 0.3) is 0 Å². The van der Waals surface area contributed by atoms with Crippen LogP contribution in [0.1, 0.15) is 35.9 Å². The molecule has 0 radical (unpaired) electrons. The van der Waals surface area contributed by atoms with Crippen molar-refractivity contribution in [2.45, 2.75) is 42.6 Å². The van der Waals surface area contributed by atoms with Gasteiger partial charge >= 0.3 is 10.8 Å². The van der Waals surface area contributed by atoms with E-state index in [1.807, 2.05) is 11.4 Å². The van der Waals surface area contributed by atoms with Gasteiger partial charge in [-0.15, -0.1) is 23.1 Å². The summed E-state index contributed by atoms with van der Waals surface area (Å²) in [5.74, 6) is -1.34. The van der Waals surface area contributed by atoms with E-state index in [0.717, 1.165) is 21.2 Å². The van der Waals surface area contributed by atoms with E-state index >= 15 is 0 Å². The highest BCUT2D eigenvalue weighted by atomic mass is 32.2. The van der Waals surface area contributed by atoms with Crippen molar-refractivity contribution in [3.05, 3.63) is 36.9 Å². The molecule has 6 rings (SSSR count). The first-order chi connectivity index (χ1) is 15.3. The maximum absolute atomic E-state index is 13.4. The first-order valence-corrected chi connectivity index (χ1v) is 13.4. The van der Waals surface area contributed by atoms with Crippen molar-refractivity contribution in [1.82, 2.24) is 9.88 Å². The number of esters is 1. The molecule has 0 aromatic carbocycles. The smallest absolute Gasteiger partial charge is 0.326 e. The molecular weight excluding hydrogens is 468 g/mol. The number of nitrogens with zero attached hydrogens (tertiary/aromatic N) is 1. The lowest BCUT2D eigenvalue weighted by molar-refractivity contribution is -0.155. The average molecular weight is 491 g/mol. The standard InChI is InChI=1S/C22H22N2O5S3/c1-8(2)29-12(25)7-24-20(26)14-9-6-10(15(14)21(24)27)17-13(9)16(11-4-3-5-30-11)18-19(31-17)23-22(28)32-18/h3-5,8-10,13-17H,6-7H2,1-2H3,(H,23,28)/t9-,10-,13-,14+,15-,16+,17-/m1/s1. The fraction of sp³-hybridized carbons (Fsp3) is 0.545. The number of nitrogens with one attached hydrogen (secondary N) is 1. The lowest BCUT2D eigenvalue weighted by Crippen LogP contribution is -2.42. The number of ether oxygens (including phenoxy) is 1. The van der Waals surface area contributed by atoms with Gasteiger partial charge in [-0.1, -0.05) is 17.4 Å². The second-order valence-electron chi connectivity index (χ2n) is 9.28. The Morgan fingerprint density at radius 3 is 2.66 bits per heavy atom. The van der Waals surface area contributed by atoms with Crippen LogP contribution in [-0.2, 0) is 19.1 Å². The zero-order valence-electron chi connectivity index (χ0n) is 17.5. The monoisotopic (exact) mass is 490 g/mol. The quantitative estimate of drug-likeness (QED) is 0.523. The molecule has 2 bridgehead atoms. The van der Waals surface area contributed by atoms with Gasteiger partial charge in [0.15, 0.2) is 0 Å². The fourth-order valence-electron chi connectivity index (χ4n) is 6.45. The van der Waals surface area contributed by atoms with Crippen LogP contribution in [0.4, 0.5) is 0 Å². The third-order valence-corrected chi connectivity index (χ3v) is 10.9. The maximum Gasteiger partial charge on any atom is 0.326 e. The van der Waals surface area contributed by atoms with Crippen molar-refractivity contribution < 1.29 is 19.1 Å². The molecule has 7 nitrogen and oxygen atoms in total. The molecule has 2 saturated carbocycles. The number of carbonyl (C=O) groups is 3. The highest BCUT2D eigenvalue weighted by Crippen LogP contribution is 2.68. The van der Waals surface area contributed by atoms with E-state index in [0.29, 0.717) is 0 Å². The van der Waals surface area contributed by atoms with Crippen LogP contribution in [0.5, 0.6) is 0 Å². The number of thiophene rings is 1. The van der Waals surface area contributed by atoms with E-state index in [1.54, 1.807) is 36.9 Å². The van der Waals surface area contributed by atoms with Crippen LogP contribution in [0, 0.1) is 29.6 Å². The Bertz CT molecular complexity index is 1170. The predicted octanol–water partition coefficient (Wildman–Crippen LogP) is 2.92. The second kappa shape index (κ2) is 7.30. The third-order valence-electron chi connectivity index (χ3n) is 7.32. The first kappa shape index (κ1) is 20.7. The third kappa shape index (κ3) is 2.85. The van der Waals surface area contributed by atoms with Crippen molar-refractivity contribution in [1.29, 1.82) is 0 Å². The van der Waals surface area contributed by atoms with E-state index in [-0.39, 0.29) is 70.1 Å². The van der Waals surface area contributed by atoms with Crippen LogP contribution in [0.3, 0.4) is 0 Å². The number of aromatic nitrogens is 1. The van der Waals surface area contributed by atoms with Gasteiger partial charge in [0, 0.05) is 20.9 Å². The summed E-state index contributed by atoms with van der Waals surface area (Å²) in [4.78, 5) is 57.4. The molecule has 32 heavy (non-hydrogen) atoms. The van der Waals surface area contributed by atoms with Gasteiger partial charge < -0.3 is 9.72 Å². The number of likely N-dealkylation sites (tertiary alicyclic amines) is 1. The van der Waals surface area contributed by atoms with Gasteiger partial charge in [-0.25, -0.2) is 0 Å². The number of thioether (sulfide) groups is 1. The minimum absolute atomic E-state index is 0.0569. The molecule has 0 spiro atoms. The van der Waals surface area contributed by atoms with E-state index in [9.17, 15) is 19.2 Å². The van der Waals surface area contributed by atoms with Crippen LogP contribution >= 0.6 is 34.4 Å². The zero-order chi connectivity index (χ0) is 22.3. The van der Waals surface area contributed by atoms with Gasteiger partial charge in [-0.05, 0) is 49.5 Å². The Hall–Kier alpha value is -1.91. The number of fused-ring (bicyclic) bond motifs is 9. The second-order valence-corrected chi connectivity index (χ2v) is 12.5. The maximum atomic E-state index is 13.4. The Morgan fingerprint density at radius 2 is 1.97 bits per heavy atom. The number of imide groups is 1. The SMILES string of the molecule is CC(C)OC(=O)CN1C(=O)[C@@H]2[C@H]3C[C@@H]([C@@H]2C1=O)[C@@H]1[C@H](c2cccs2)c2sc(=O)[nH]c2S[C@H]31. The van der Waals surface area contributed by atoms with Crippen molar-refractivity contribution in [2.75, 3.05) is 6.54 Å². The highest BCUT2D eigenvalue weighted by molar-refractivity contribution is 8.00. The van der Waals surface area contributed by atoms with Crippen molar-refractivity contribution >= 4 is 52.2 Å². The number of aromatic amines is 1. The molecule has 2 amide bonds. The molecule has 168 valence electrons. The van der Waals surface area contributed by atoms with E-state index in [1.165, 1.54) is 16.2 Å². The summed E-state index contributed by atoms with van der Waals surface area (Å²) in [5.41, 5.74) is 0. The van der Waals surface area contributed by atoms with Gasteiger partial charge in [0.2, 0.25) is 11.8 Å². The topological polar surface area (TPSA) is 96.5 Å². The Balaban J connectivity index is 1.36. The average Bonchev–Trinajstić information content (AvgIpc) is 3.52. The first-order valence-electron chi connectivity index (χ1n) is 10.8. The molecule has 0 unspecified atom stereocenters. The molecule has 2 aromatic heterocycles. The number of hydrogen-bond acceptors (Lipinski definition) is 8. The normalized spacial score (nSPS) is 34.7. The molecule has 2 aliphatic carbocycles. The summed E-state index contributed by atoms with van der Waals surface area (Å²) in [6, 6.07) is 4.13. The van der Waals surface area contributed by atoms with Crippen molar-refractivity contribution in [3.63, 3.8) is 0 Å². The molecule has 2 aliphatic heterocycles. The summed E-state index contributed by atoms with van der Waals surface area (Å²) in [6.45, 7) is 3.19. The molecule has 10 heteroatoms. The van der Waals surface area contributed by atoms with Crippen LogP contribution in [0.2, 0.25) is 0 Å². The molecule has 1 N–H and O–H groups in total. The lowest BCUT2D eigenvalue weighted by atomic mass is 9.69. The molecule has 4 heterocycles. The number of hydrogen-bond donors (Lipinski definition) is 1. The van der Waals surface area contributed by atoms with E-state index in [2.05, 4.69) is 11.1 Å². The number of carbonyl (C=O) groups excluding carboxylic acids is 3. The summed E-state index contributed by atoms with van der Waals surface area (Å²) >= 11 is 4.62. The predicted molar refractivity (Wildman–Crippen MR) is 121 cm³/mol. The fourth-order valence-corrected chi connectivity index (χ4v) is 10.3. The number of thiazole rings is 1. The van der Waals surface area contributed by atoms with E-state index in [4.69, 9.17) is 4.74 Å². The van der Waals surface area contributed by atoms with Gasteiger partial charge in [0.1, 0.15) is 6.54 Å². The zero-order valence-corrected chi connectivity index (χ0v) is 19.9. The summed E-state index contributed by atoms with van der Waals surface area (Å²) in [7, 11) is 0. The molecular formula is C22H22N2O5S3. The molecule has 4 aliphatic rings. The van der Waals surface area contributed by atoms with Crippen molar-refractivity contribution in [2.24, 2.45) is 29.6 Å². The summed E-state index contributed by atoms with van der Waals surface area (Å²) in [5, 5.41) is 3.13. The molecule has 3 fully saturated rings. The Kier molecular flexibility index (Phi) is 4.71.